The van der Waals surface area contributed by atoms with Crippen molar-refractivity contribution in [2.75, 3.05) is 18.7 Å². The van der Waals surface area contributed by atoms with Crippen LogP contribution in [0.5, 0.6) is 5.75 Å². The average Bonchev–Trinajstić information content (AvgIpc) is 2.46. The summed E-state index contributed by atoms with van der Waals surface area (Å²) in [7, 11) is 1.69. The number of ether oxygens (including phenoxy) is 1. The maximum Gasteiger partial charge on any atom is 0.143 e. The van der Waals surface area contributed by atoms with Crippen LogP contribution in [0.1, 0.15) is 5.56 Å². The first kappa shape index (κ1) is 12.8. The molecule has 0 aliphatic heterocycles. The van der Waals surface area contributed by atoms with Crippen LogP contribution in [0.4, 0.5) is 5.69 Å². The fourth-order valence-electron chi connectivity index (χ4n) is 1.64. The SMILES string of the molecule is COc1cc(SC)ccc1NCc1cccnc1. The summed E-state index contributed by atoms with van der Waals surface area (Å²) in [6.45, 7) is 0.739. The number of hydrogen-bond donors (Lipinski definition) is 1. The van der Waals surface area contributed by atoms with Gasteiger partial charge in [0.25, 0.3) is 0 Å². The Morgan fingerprint density at radius 2 is 2.22 bits per heavy atom. The van der Waals surface area contributed by atoms with E-state index in [1.807, 2.05) is 30.5 Å². The molecule has 0 bridgehead atoms. The molecular weight excluding hydrogens is 244 g/mol. The van der Waals surface area contributed by atoms with Crippen LogP contribution in [-0.4, -0.2) is 18.3 Å². The van der Waals surface area contributed by atoms with Crippen LogP contribution in [0.25, 0.3) is 0 Å². The quantitative estimate of drug-likeness (QED) is 0.835. The number of nitrogens with one attached hydrogen (secondary N) is 1. The molecule has 18 heavy (non-hydrogen) atoms. The zero-order valence-electron chi connectivity index (χ0n) is 10.5. The number of nitrogens with zero attached hydrogens (tertiary/aromatic N) is 1. The molecule has 4 heteroatoms. The van der Waals surface area contributed by atoms with E-state index in [0.717, 1.165) is 23.5 Å². The fraction of sp³-hybridized carbons (Fsp3) is 0.214. The molecule has 94 valence electrons. The summed E-state index contributed by atoms with van der Waals surface area (Å²) in [5.74, 6) is 0.866. The predicted molar refractivity (Wildman–Crippen MR) is 76.3 cm³/mol. The number of hydrogen-bond acceptors (Lipinski definition) is 4. The third-order valence-electron chi connectivity index (χ3n) is 2.61. The van der Waals surface area contributed by atoms with Crippen molar-refractivity contribution >= 4 is 17.4 Å². The van der Waals surface area contributed by atoms with E-state index >= 15 is 0 Å². The Labute approximate surface area is 112 Å². The number of pyridine rings is 1. The molecule has 2 rings (SSSR count). The summed E-state index contributed by atoms with van der Waals surface area (Å²) >= 11 is 1.70. The van der Waals surface area contributed by atoms with Crippen LogP contribution in [-0.2, 0) is 6.54 Å². The Balaban J connectivity index is 2.09. The lowest BCUT2D eigenvalue weighted by Crippen LogP contribution is -2.01. The van der Waals surface area contributed by atoms with Gasteiger partial charge in [0.15, 0.2) is 0 Å². The Morgan fingerprint density at radius 1 is 1.33 bits per heavy atom. The Bertz CT molecular complexity index is 502. The van der Waals surface area contributed by atoms with Crippen molar-refractivity contribution in [1.82, 2.24) is 4.98 Å². The summed E-state index contributed by atoms with van der Waals surface area (Å²) in [5, 5.41) is 3.36. The van der Waals surface area contributed by atoms with Gasteiger partial charge in [-0.1, -0.05) is 6.07 Å². The van der Waals surface area contributed by atoms with Crippen molar-refractivity contribution in [1.29, 1.82) is 0 Å². The molecule has 0 saturated heterocycles. The lowest BCUT2D eigenvalue weighted by atomic mass is 10.2. The van der Waals surface area contributed by atoms with Crippen molar-refractivity contribution in [3.8, 4) is 5.75 Å². The molecule has 0 aliphatic carbocycles. The van der Waals surface area contributed by atoms with Gasteiger partial charge in [-0.05, 0) is 36.1 Å². The van der Waals surface area contributed by atoms with Crippen LogP contribution in [0, 0.1) is 0 Å². The van der Waals surface area contributed by atoms with Crippen molar-refractivity contribution in [3.63, 3.8) is 0 Å². The van der Waals surface area contributed by atoms with Gasteiger partial charge in [0, 0.05) is 23.8 Å². The molecule has 1 aromatic heterocycles. The van der Waals surface area contributed by atoms with Gasteiger partial charge in [0.1, 0.15) is 5.75 Å². The highest BCUT2D eigenvalue weighted by molar-refractivity contribution is 7.98. The largest absolute Gasteiger partial charge is 0.495 e. The molecule has 1 N–H and O–H groups in total. The summed E-state index contributed by atoms with van der Waals surface area (Å²) < 4.78 is 5.38. The van der Waals surface area contributed by atoms with Crippen molar-refractivity contribution in [3.05, 3.63) is 48.3 Å². The standard InChI is InChI=1S/C14H16N2OS/c1-17-14-8-12(18-2)5-6-13(14)16-10-11-4-3-7-15-9-11/h3-9,16H,10H2,1-2H3. The minimum Gasteiger partial charge on any atom is -0.495 e. The smallest absolute Gasteiger partial charge is 0.143 e. The van der Waals surface area contributed by atoms with E-state index in [4.69, 9.17) is 4.74 Å². The highest BCUT2D eigenvalue weighted by Crippen LogP contribution is 2.29. The van der Waals surface area contributed by atoms with Crippen LogP contribution >= 0.6 is 11.8 Å². The maximum atomic E-state index is 5.38. The van der Waals surface area contributed by atoms with Crippen LogP contribution in [0.2, 0.25) is 0 Å². The van der Waals surface area contributed by atoms with Crippen molar-refractivity contribution in [2.24, 2.45) is 0 Å². The van der Waals surface area contributed by atoms with Crippen LogP contribution in [0.3, 0.4) is 0 Å². The Hall–Kier alpha value is -1.68. The number of anilines is 1. The minimum atomic E-state index is 0.739. The van der Waals surface area contributed by atoms with Crippen LogP contribution < -0.4 is 10.1 Å². The molecule has 0 amide bonds. The molecule has 0 aliphatic rings. The summed E-state index contributed by atoms with van der Waals surface area (Å²) in [6.07, 6.45) is 5.69. The third-order valence-corrected chi connectivity index (χ3v) is 3.34. The van der Waals surface area contributed by atoms with E-state index in [1.165, 1.54) is 4.90 Å². The van der Waals surface area contributed by atoms with E-state index in [-0.39, 0.29) is 0 Å². The molecule has 0 atom stereocenters. The van der Waals surface area contributed by atoms with Gasteiger partial charge in [-0.3, -0.25) is 4.98 Å². The predicted octanol–water partition coefficient (Wildman–Crippen LogP) is 3.42. The van der Waals surface area contributed by atoms with E-state index in [2.05, 4.69) is 22.6 Å². The van der Waals surface area contributed by atoms with Gasteiger partial charge >= 0.3 is 0 Å². The zero-order valence-corrected chi connectivity index (χ0v) is 11.3. The Morgan fingerprint density at radius 3 is 2.89 bits per heavy atom. The third kappa shape index (κ3) is 3.17. The van der Waals surface area contributed by atoms with Gasteiger partial charge in [-0.15, -0.1) is 11.8 Å². The number of benzene rings is 1. The van der Waals surface area contributed by atoms with Gasteiger partial charge in [-0.25, -0.2) is 0 Å². The average molecular weight is 260 g/mol. The first-order valence-corrected chi connectivity index (χ1v) is 6.91. The fourth-order valence-corrected chi connectivity index (χ4v) is 2.07. The van der Waals surface area contributed by atoms with Crippen LogP contribution in [0.15, 0.2) is 47.6 Å². The topological polar surface area (TPSA) is 34.1 Å². The Kier molecular flexibility index (Phi) is 4.47. The van der Waals surface area contributed by atoms with Crippen molar-refractivity contribution in [2.45, 2.75) is 11.4 Å². The van der Waals surface area contributed by atoms with Gasteiger partial charge < -0.3 is 10.1 Å². The molecule has 1 heterocycles. The van der Waals surface area contributed by atoms with E-state index in [0.29, 0.717) is 0 Å². The first-order chi connectivity index (χ1) is 8.83. The molecule has 0 fully saturated rings. The van der Waals surface area contributed by atoms with Gasteiger partial charge in [-0.2, -0.15) is 0 Å². The number of methoxy groups -OCH3 is 1. The van der Waals surface area contributed by atoms with E-state index in [9.17, 15) is 0 Å². The second-order valence-electron chi connectivity index (χ2n) is 3.78. The normalized spacial score (nSPS) is 10.1. The monoisotopic (exact) mass is 260 g/mol. The summed E-state index contributed by atoms with van der Waals surface area (Å²) in [4.78, 5) is 5.29. The zero-order chi connectivity index (χ0) is 12.8. The second kappa shape index (κ2) is 6.31. The molecular formula is C14H16N2OS. The molecule has 2 aromatic rings. The summed E-state index contributed by atoms with van der Waals surface area (Å²) in [6, 6.07) is 10.1. The molecule has 0 spiro atoms. The molecule has 1 aromatic carbocycles. The number of thioether (sulfide) groups is 1. The first-order valence-electron chi connectivity index (χ1n) is 5.68. The highest BCUT2D eigenvalue weighted by atomic mass is 32.2. The van der Waals surface area contributed by atoms with E-state index in [1.54, 1.807) is 25.1 Å². The molecule has 0 radical (unpaired) electrons. The number of rotatable bonds is 5. The van der Waals surface area contributed by atoms with Crippen molar-refractivity contribution < 1.29 is 4.74 Å². The minimum absolute atomic E-state index is 0.739. The molecule has 0 unspecified atom stereocenters. The maximum absolute atomic E-state index is 5.38. The number of aromatic nitrogens is 1. The lowest BCUT2D eigenvalue weighted by Gasteiger charge is -2.12. The molecule has 3 nitrogen and oxygen atoms in total. The highest BCUT2D eigenvalue weighted by Gasteiger charge is 2.03. The second-order valence-corrected chi connectivity index (χ2v) is 4.66. The van der Waals surface area contributed by atoms with Gasteiger partial charge in [0.2, 0.25) is 0 Å². The van der Waals surface area contributed by atoms with Gasteiger partial charge in [0.05, 0.1) is 12.8 Å². The summed E-state index contributed by atoms with van der Waals surface area (Å²) in [5.41, 5.74) is 2.15. The van der Waals surface area contributed by atoms with E-state index < -0.39 is 0 Å². The molecule has 0 saturated carbocycles. The lowest BCUT2D eigenvalue weighted by molar-refractivity contribution is 0.415.